The van der Waals surface area contributed by atoms with Gasteiger partial charge in [0.25, 0.3) is 5.56 Å². The van der Waals surface area contributed by atoms with Crippen LogP contribution in [-0.2, 0) is 11.3 Å². The summed E-state index contributed by atoms with van der Waals surface area (Å²) in [5, 5.41) is 10.2. The Balaban J connectivity index is 1.34. The molecule has 30 heavy (non-hydrogen) atoms. The Hall–Kier alpha value is -3.50. The molecule has 152 valence electrons. The van der Waals surface area contributed by atoms with Crippen LogP contribution in [-0.4, -0.2) is 51.4 Å². The second-order valence-electron chi connectivity index (χ2n) is 7.37. The summed E-state index contributed by atoms with van der Waals surface area (Å²) in [6.45, 7) is 2.76. The lowest BCUT2D eigenvalue weighted by atomic mass is 10.1. The van der Waals surface area contributed by atoms with Gasteiger partial charge < -0.3 is 4.90 Å². The third-order valence-corrected chi connectivity index (χ3v) is 5.57. The number of fused-ring (bicyclic) bond motifs is 1. The van der Waals surface area contributed by atoms with Crippen molar-refractivity contribution in [1.29, 1.82) is 5.26 Å². The third-order valence-electron chi connectivity index (χ3n) is 5.57. The van der Waals surface area contributed by atoms with Crippen molar-refractivity contribution in [3.63, 3.8) is 0 Å². The Morgan fingerprint density at radius 2 is 1.73 bits per heavy atom. The largest absolute Gasteiger partial charge is 0.340 e. The lowest BCUT2D eigenvalue weighted by Gasteiger charge is -2.37. The minimum absolute atomic E-state index is 0.0166. The number of hydrogen-bond donors (Lipinski definition) is 0. The molecular formula is C23H23N5O2. The SMILES string of the molecule is N#CC(c1ccccc1)N1CCN(C(=O)CCn2cnc3ccccc3c2=O)CC1. The average molecular weight is 401 g/mol. The standard InChI is InChI=1S/C23H23N5O2/c24-16-21(18-6-2-1-3-7-18)26-12-14-27(15-13-26)22(29)10-11-28-17-25-20-9-5-4-8-19(20)23(28)30/h1-9,17,21H,10-15H2. The number of nitriles is 1. The monoisotopic (exact) mass is 401 g/mol. The van der Waals surface area contributed by atoms with Crippen LogP contribution in [0.3, 0.4) is 0 Å². The number of hydrogen-bond acceptors (Lipinski definition) is 5. The van der Waals surface area contributed by atoms with E-state index in [1.807, 2.05) is 47.4 Å². The summed E-state index contributed by atoms with van der Waals surface area (Å²) in [4.78, 5) is 33.5. The Bertz CT molecular complexity index is 1130. The molecule has 1 unspecified atom stereocenters. The highest BCUT2D eigenvalue weighted by Crippen LogP contribution is 2.21. The van der Waals surface area contributed by atoms with E-state index in [4.69, 9.17) is 0 Å². The minimum Gasteiger partial charge on any atom is -0.340 e. The van der Waals surface area contributed by atoms with Gasteiger partial charge in [-0.05, 0) is 17.7 Å². The fourth-order valence-corrected chi connectivity index (χ4v) is 3.87. The van der Waals surface area contributed by atoms with Crippen LogP contribution in [0.5, 0.6) is 0 Å². The zero-order valence-electron chi connectivity index (χ0n) is 16.6. The summed E-state index contributed by atoms with van der Waals surface area (Å²) >= 11 is 0. The van der Waals surface area contributed by atoms with E-state index in [2.05, 4.69) is 16.0 Å². The molecule has 1 aliphatic heterocycles. The van der Waals surface area contributed by atoms with Gasteiger partial charge in [0.15, 0.2) is 0 Å². The molecule has 7 heteroatoms. The number of aryl methyl sites for hydroxylation is 1. The van der Waals surface area contributed by atoms with Crippen molar-refractivity contribution in [2.75, 3.05) is 26.2 Å². The molecule has 1 fully saturated rings. The second kappa shape index (κ2) is 8.89. The summed E-state index contributed by atoms with van der Waals surface area (Å²) in [7, 11) is 0. The van der Waals surface area contributed by atoms with Gasteiger partial charge >= 0.3 is 0 Å². The molecule has 0 radical (unpaired) electrons. The average Bonchev–Trinajstić information content (AvgIpc) is 2.80. The van der Waals surface area contributed by atoms with E-state index in [9.17, 15) is 14.9 Å². The first-order valence-corrected chi connectivity index (χ1v) is 10.1. The van der Waals surface area contributed by atoms with E-state index in [0.717, 1.165) is 5.56 Å². The summed E-state index contributed by atoms with van der Waals surface area (Å²) in [5.74, 6) is 0.0166. The van der Waals surface area contributed by atoms with Crippen LogP contribution in [0.25, 0.3) is 10.9 Å². The summed E-state index contributed by atoms with van der Waals surface area (Å²) in [5.41, 5.74) is 1.51. The smallest absolute Gasteiger partial charge is 0.261 e. The first kappa shape index (κ1) is 19.8. The molecule has 2 aromatic carbocycles. The molecule has 2 heterocycles. The topological polar surface area (TPSA) is 82.2 Å². The van der Waals surface area contributed by atoms with Gasteiger partial charge in [-0.25, -0.2) is 4.98 Å². The van der Waals surface area contributed by atoms with E-state index >= 15 is 0 Å². The summed E-state index contributed by atoms with van der Waals surface area (Å²) in [6.07, 6.45) is 1.76. The lowest BCUT2D eigenvalue weighted by molar-refractivity contribution is -0.133. The first-order valence-electron chi connectivity index (χ1n) is 10.1. The Labute approximate surface area is 174 Å². The summed E-state index contributed by atoms with van der Waals surface area (Å²) in [6, 6.07) is 19.0. The lowest BCUT2D eigenvalue weighted by Crippen LogP contribution is -2.49. The maximum absolute atomic E-state index is 12.7. The number of amides is 1. The van der Waals surface area contributed by atoms with Gasteiger partial charge in [-0.3, -0.25) is 19.1 Å². The van der Waals surface area contributed by atoms with Crippen molar-refractivity contribution in [2.24, 2.45) is 0 Å². The molecule has 0 bridgehead atoms. The van der Waals surface area contributed by atoms with Crippen molar-refractivity contribution in [3.05, 3.63) is 76.8 Å². The van der Waals surface area contributed by atoms with Gasteiger partial charge in [-0.2, -0.15) is 5.26 Å². The number of piperazine rings is 1. The number of para-hydroxylation sites is 1. The molecule has 1 aliphatic rings. The fraction of sp³-hybridized carbons (Fsp3) is 0.304. The van der Waals surface area contributed by atoms with Crippen LogP contribution < -0.4 is 5.56 Å². The van der Waals surface area contributed by atoms with Crippen molar-refractivity contribution in [2.45, 2.75) is 19.0 Å². The minimum atomic E-state index is -0.300. The van der Waals surface area contributed by atoms with Gasteiger partial charge in [0.05, 0.1) is 23.3 Å². The van der Waals surface area contributed by atoms with Gasteiger partial charge in [-0.15, -0.1) is 0 Å². The third kappa shape index (κ3) is 4.09. The molecule has 4 rings (SSSR count). The van der Waals surface area contributed by atoms with Crippen molar-refractivity contribution < 1.29 is 4.79 Å². The highest BCUT2D eigenvalue weighted by atomic mass is 16.2. The molecule has 1 aromatic heterocycles. The molecule has 1 atom stereocenters. The molecule has 1 saturated heterocycles. The van der Waals surface area contributed by atoms with Gasteiger partial charge in [0.1, 0.15) is 6.04 Å². The zero-order valence-corrected chi connectivity index (χ0v) is 16.6. The van der Waals surface area contributed by atoms with Crippen LogP contribution in [0.15, 0.2) is 65.7 Å². The Morgan fingerprint density at radius 3 is 2.47 bits per heavy atom. The van der Waals surface area contributed by atoms with E-state index in [-0.39, 0.29) is 23.9 Å². The van der Waals surface area contributed by atoms with E-state index in [0.29, 0.717) is 43.6 Å². The zero-order chi connectivity index (χ0) is 20.9. The van der Waals surface area contributed by atoms with Crippen LogP contribution in [0.2, 0.25) is 0 Å². The van der Waals surface area contributed by atoms with Crippen LogP contribution in [0, 0.1) is 11.3 Å². The number of rotatable bonds is 5. The maximum atomic E-state index is 12.7. The van der Waals surface area contributed by atoms with Crippen LogP contribution in [0.4, 0.5) is 0 Å². The summed E-state index contributed by atoms with van der Waals surface area (Å²) < 4.78 is 1.50. The maximum Gasteiger partial charge on any atom is 0.261 e. The van der Waals surface area contributed by atoms with Gasteiger partial charge in [0, 0.05) is 39.1 Å². The van der Waals surface area contributed by atoms with Crippen LogP contribution in [0.1, 0.15) is 18.0 Å². The second-order valence-corrected chi connectivity index (χ2v) is 7.37. The number of aromatic nitrogens is 2. The molecule has 0 saturated carbocycles. The van der Waals surface area contributed by atoms with Crippen molar-refractivity contribution in [3.8, 4) is 6.07 Å². The predicted octanol–water partition coefficient (Wildman–Crippen LogP) is 2.20. The van der Waals surface area contributed by atoms with E-state index in [1.54, 1.807) is 12.1 Å². The van der Waals surface area contributed by atoms with Gasteiger partial charge in [0.2, 0.25) is 5.91 Å². The van der Waals surface area contributed by atoms with Crippen molar-refractivity contribution in [1.82, 2.24) is 19.4 Å². The molecule has 3 aromatic rings. The quantitative estimate of drug-likeness (QED) is 0.655. The van der Waals surface area contributed by atoms with E-state index < -0.39 is 0 Å². The van der Waals surface area contributed by atoms with E-state index in [1.165, 1.54) is 10.9 Å². The molecule has 7 nitrogen and oxygen atoms in total. The highest BCUT2D eigenvalue weighted by molar-refractivity contribution is 5.77. The molecule has 0 aliphatic carbocycles. The highest BCUT2D eigenvalue weighted by Gasteiger charge is 2.26. The number of benzene rings is 2. The molecular weight excluding hydrogens is 378 g/mol. The number of carbonyl (C=O) groups is 1. The first-order chi connectivity index (χ1) is 14.7. The fourth-order valence-electron chi connectivity index (χ4n) is 3.87. The number of carbonyl (C=O) groups excluding carboxylic acids is 1. The van der Waals surface area contributed by atoms with Crippen molar-refractivity contribution >= 4 is 16.8 Å². The normalized spacial score (nSPS) is 15.6. The predicted molar refractivity (Wildman–Crippen MR) is 114 cm³/mol. The van der Waals surface area contributed by atoms with Crippen LogP contribution >= 0.6 is 0 Å². The number of nitrogens with zero attached hydrogens (tertiary/aromatic N) is 5. The molecule has 1 amide bonds. The molecule has 0 spiro atoms. The Morgan fingerprint density at radius 1 is 1.03 bits per heavy atom. The Kier molecular flexibility index (Phi) is 5.87. The van der Waals surface area contributed by atoms with Gasteiger partial charge in [-0.1, -0.05) is 42.5 Å². The molecule has 0 N–H and O–H groups in total.